The molecule has 0 aromatic heterocycles. The van der Waals surface area contributed by atoms with Crippen molar-refractivity contribution in [3.63, 3.8) is 0 Å². The Morgan fingerprint density at radius 2 is 1.88 bits per heavy atom. The van der Waals surface area contributed by atoms with Gasteiger partial charge in [0.05, 0.1) is 0 Å². The average Bonchev–Trinajstić information content (AvgIpc) is 2.35. The fourth-order valence-corrected chi connectivity index (χ4v) is 1.39. The van der Waals surface area contributed by atoms with Gasteiger partial charge >= 0.3 is 0 Å². The summed E-state index contributed by atoms with van der Waals surface area (Å²) >= 11 is 0. The third-order valence-corrected chi connectivity index (χ3v) is 2.31. The molecule has 0 bridgehead atoms. The molecular formula is C13H18N2O2. The molecule has 1 aromatic carbocycles. The van der Waals surface area contributed by atoms with Crippen LogP contribution in [0.25, 0.3) is 0 Å². The molecule has 0 aliphatic heterocycles. The van der Waals surface area contributed by atoms with Gasteiger partial charge in [0, 0.05) is 31.8 Å². The molecule has 1 aromatic rings. The van der Waals surface area contributed by atoms with Gasteiger partial charge in [-0.2, -0.15) is 0 Å². The van der Waals surface area contributed by atoms with Crippen LogP contribution in [0.5, 0.6) is 0 Å². The number of rotatable bonds is 4. The highest BCUT2D eigenvalue weighted by Crippen LogP contribution is 2.07. The first-order chi connectivity index (χ1) is 8.06. The number of nitrogens with one attached hydrogen (secondary N) is 1. The van der Waals surface area contributed by atoms with E-state index in [1.807, 2.05) is 6.92 Å². The molecule has 1 rings (SSSR count). The van der Waals surface area contributed by atoms with Crippen LogP contribution in [0.15, 0.2) is 24.3 Å². The number of carbonyl (C=O) groups excluding carboxylic acids is 2. The molecule has 0 saturated heterocycles. The molecule has 0 atom stereocenters. The van der Waals surface area contributed by atoms with Crippen molar-refractivity contribution in [1.82, 2.24) is 10.2 Å². The molecule has 0 spiro atoms. The standard InChI is InChI=1S/C13H18N2O2/c1-4-8-14-12(16)10-6-5-7-11(9-10)13(17)15(2)3/h5-7,9H,4,8H2,1-3H3,(H,14,16). The first-order valence-corrected chi connectivity index (χ1v) is 5.66. The molecule has 92 valence electrons. The molecule has 0 aliphatic carbocycles. The highest BCUT2D eigenvalue weighted by Gasteiger charge is 2.11. The molecule has 0 fully saturated rings. The Hall–Kier alpha value is -1.84. The molecule has 1 N–H and O–H groups in total. The van der Waals surface area contributed by atoms with Crippen molar-refractivity contribution in [1.29, 1.82) is 0 Å². The van der Waals surface area contributed by atoms with Crippen LogP contribution in [0.2, 0.25) is 0 Å². The summed E-state index contributed by atoms with van der Waals surface area (Å²) in [7, 11) is 3.37. The van der Waals surface area contributed by atoms with Crippen molar-refractivity contribution in [3.8, 4) is 0 Å². The van der Waals surface area contributed by atoms with Crippen LogP contribution in [0.4, 0.5) is 0 Å². The maximum atomic E-state index is 11.7. The third-order valence-electron chi connectivity index (χ3n) is 2.31. The maximum Gasteiger partial charge on any atom is 0.253 e. The van der Waals surface area contributed by atoms with Gasteiger partial charge in [-0.1, -0.05) is 13.0 Å². The highest BCUT2D eigenvalue weighted by atomic mass is 16.2. The van der Waals surface area contributed by atoms with Crippen LogP contribution in [0.1, 0.15) is 34.1 Å². The molecule has 0 saturated carbocycles. The fraction of sp³-hybridized carbons (Fsp3) is 0.385. The third kappa shape index (κ3) is 3.59. The van der Waals surface area contributed by atoms with Gasteiger partial charge in [0.15, 0.2) is 0 Å². The van der Waals surface area contributed by atoms with E-state index in [4.69, 9.17) is 0 Å². The highest BCUT2D eigenvalue weighted by molar-refractivity contribution is 5.99. The molecule has 0 unspecified atom stereocenters. The Labute approximate surface area is 102 Å². The van der Waals surface area contributed by atoms with E-state index in [1.165, 1.54) is 4.90 Å². The van der Waals surface area contributed by atoms with Crippen molar-refractivity contribution in [2.24, 2.45) is 0 Å². The summed E-state index contributed by atoms with van der Waals surface area (Å²) < 4.78 is 0. The summed E-state index contributed by atoms with van der Waals surface area (Å²) in [5, 5.41) is 2.78. The van der Waals surface area contributed by atoms with E-state index in [-0.39, 0.29) is 11.8 Å². The van der Waals surface area contributed by atoms with Crippen LogP contribution in [0.3, 0.4) is 0 Å². The van der Waals surface area contributed by atoms with Crippen LogP contribution in [-0.4, -0.2) is 37.4 Å². The van der Waals surface area contributed by atoms with E-state index in [9.17, 15) is 9.59 Å². The number of benzene rings is 1. The van der Waals surface area contributed by atoms with E-state index >= 15 is 0 Å². The molecule has 0 heterocycles. The molecule has 4 heteroatoms. The zero-order valence-electron chi connectivity index (χ0n) is 10.5. The van der Waals surface area contributed by atoms with E-state index in [0.29, 0.717) is 17.7 Å². The second-order valence-electron chi connectivity index (χ2n) is 4.04. The normalized spacial score (nSPS) is 9.82. The second kappa shape index (κ2) is 6.03. The van der Waals surface area contributed by atoms with Crippen LogP contribution >= 0.6 is 0 Å². The minimum atomic E-state index is -0.139. The SMILES string of the molecule is CCCNC(=O)c1cccc(C(=O)N(C)C)c1. The predicted octanol–water partition coefficient (Wildman–Crippen LogP) is 1.53. The van der Waals surface area contributed by atoms with Gasteiger partial charge in [0.25, 0.3) is 11.8 Å². The quantitative estimate of drug-likeness (QED) is 0.858. The van der Waals surface area contributed by atoms with Crippen molar-refractivity contribution in [2.45, 2.75) is 13.3 Å². The molecule has 2 amide bonds. The Morgan fingerprint density at radius 1 is 1.24 bits per heavy atom. The minimum absolute atomic E-state index is 0.102. The number of hydrogen-bond acceptors (Lipinski definition) is 2. The maximum absolute atomic E-state index is 11.7. The molecule has 4 nitrogen and oxygen atoms in total. The zero-order chi connectivity index (χ0) is 12.8. The van der Waals surface area contributed by atoms with Crippen molar-refractivity contribution >= 4 is 11.8 Å². The smallest absolute Gasteiger partial charge is 0.253 e. The fourth-order valence-electron chi connectivity index (χ4n) is 1.39. The van der Waals surface area contributed by atoms with Gasteiger partial charge in [-0.15, -0.1) is 0 Å². The Morgan fingerprint density at radius 3 is 2.47 bits per heavy atom. The van der Waals surface area contributed by atoms with Crippen molar-refractivity contribution < 1.29 is 9.59 Å². The number of amides is 2. The van der Waals surface area contributed by atoms with E-state index < -0.39 is 0 Å². The summed E-state index contributed by atoms with van der Waals surface area (Å²) in [4.78, 5) is 24.9. The van der Waals surface area contributed by atoms with Crippen molar-refractivity contribution in [3.05, 3.63) is 35.4 Å². The summed E-state index contributed by atoms with van der Waals surface area (Å²) in [6.45, 7) is 2.64. The second-order valence-corrected chi connectivity index (χ2v) is 4.04. The van der Waals surface area contributed by atoms with E-state index in [0.717, 1.165) is 6.42 Å². The topological polar surface area (TPSA) is 49.4 Å². The molecule has 17 heavy (non-hydrogen) atoms. The lowest BCUT2D eigenvalue weighted by Gasteiger charge is -2.11. The number of nitrogens with zero attached hydrogens (tertiary/aromatic N) is 1. The number of hydrogen-bond donors (Lipinski definition) is 1. The van der Waals surface area contributed by atoms with Crippen LogP contribution in [0, 0.1) is 0 Å². The first kappa shape index (κ1) is 13.2. The Bertz CT molecular complexity index is 414. The summed E-state index contributed by atoms with van der Waals surface area (Å²) in [5.41, 5.74) is 1.05. The lowest BCUT2D eigenvalue weighted by molar-refractivity contribution is 0.0827. The Kier molecular flexibility index (Phi) is 4.69. The van der Waals surface area contributed by atoms with Crippen LogP contribution in [-0.2, 0) is 0 Å². The van der Waals surface area contributed by atoms with Gasteiger partial charge in [-0.05, 0) is 24.6 Å². The van der Waals surface area contributed by atoms with Gasteiger partial charge in [-0.25, -0.2) is 0 Å². The van der Waals surface area contributed by atoms with Gasteiger partial charge < -0.3 is 10.2 Å². The van der Waals surface area contributed by atoms with E-state index in [1.54, 1.807) is 38.4 Å². The van der Waals surface area contributed by atoms with Gasteiger partial charge in [0.1, 0.15) is 0 Å². The van der Waals surface area contributed by atoms with Gasteiger partial charge in [0.2, 0.25) is 0 Å². The largest absolute Gasteiger partial charge is 0.352 e. The van der Waals surface area contributed by atoms with Gasteiger partial charge in [-0.3, -0.25) is 9.59 Å². The summed E-state index contributed by atoms with van der Waals surface area (Å²) in [6.07, 6.45) is 0.891. The lowest BCUT2D eigenvalue weighted by atomic mass is 10.1. The van der Waals surface area contributed by atoms with Crippen LogP contribution < -0.4 is 5.32 Å². The van der Waals surface area contributed by atoms with Crippen molar-refractivity contribution in [2.75, 3.05) is 20.6 Å². The summed E-state index contributed by atoms with van der Waals surface area (Å²) in [6, 6.07) is 6.75. The minimum Gasteiger partial charge on any atom is -0.352 e. The monoisotopic (exact) mass is 234 g/mol. The molecular weight excluding hydrogens is 216 g/mol. The molecule has 0 radical (unpaired) electrons. The molecule has 0 aliphatic rings. The lowest BCUT2D eigenvalue weighted by Crippen LogP contribution is -2.25. The average molecular weight is 234 g/mol. The first-order valence-electron chi connectivity index (χ1n) is 5.66. The zero-order valence-corrected chi connectivity index (χ0v) is 10.5. The number of carbonyl (C=O) groups is 2. The van der Waals surface area contributed by atoms with E-state index in [2.05, 4.69) is 5.32 Å². The predicted molar refractivity (Wildman–Crippen MR) is 67.1 cm³/mol. The summed E-state index contributed by atoms with van der Waals surface area (Å²) in [5.74, 6) is -0.240. The Balaban J connectivity index is 2.86.